The SMILES string of the molecule is CC1(C)[C@]2(c3ccccc3)N=N[C@@]1(c1ccc([N+](=O)[O-])cc1)[C@H]1CC=C[C@H]12. The van der Waals surface area contributed by atoms with Crippen molar-refractivity contribution in [2.75, 3.05) is 0 Å². The second-order valence-electron chi connectivity index (χ2n) is 8.32. The van der Waals surface area contributed by atoms with E-state index in [4.69, 9.17) is 10.2 Å². The van der Waals surface area contributed by atoms with Gasteiger partial charge < -0.3 is 0 Å². The number of rotatable bonds is 3. The number of azo groups is 1. The fourth-order valence-electron chi connectivity index (χ4n) is 6.01. The normalized spacial score (nSPS) is 34.7. The topological polar surface area (TPSA) is 67.9 Å². The van der Waals surface area contributed by atoms with Crippen LogP contribution in [-0.2, 0) is 11.1 Å². The minimum absolute atomic E-state index is 0.108. The molecule has 1 saturated carbocycles. The van der Waals surface area contributed by atoms with E-state index in [2.05, 4.69) is 50.3 Å². The number of fused-ring (bicyclic) bond motifs is 5. The first-order valence-electron chi connectivity index (χ1n) is 9.36. The van der Waals surface area contributed by atoms with Gasteiger partial charge in [0.1, 0.15) is 11.1 Å². The van der Waals surface area contributed by atoms with Gasteiger partial charge in [0, 0.05) is 29.4 Å². The van der Waals surface area contributed by atoms with E-state index in [1.165, 1.54) is 5.56 Å². The molecular formula is C22H21N3O2. The molecule has 3 aliphatic rings. The molecule has 0 saturated heterocycles. The molecule has 0 spiro atoms. The first kappa shape index (κ1) is 16.4. The van der Waals surface area contributed by atoms with Gasteiger partial charge in [-0.1, -0.05) is 56.3 Å². The smallest absolute Gasteiger partial charge is 0.258 e. The third-order valence-electron chi connectivity index (χ3n) is 7.19. The van der Waals surface area contributed by atoms with Crippen LogP contribution in [0.3, 0.4) is 0 Å². The van der Waals surface area contributed by atoms with Crippen LogP contribution < -0.4 is 0 Å². The molecule has 1 heterocycles. The first-order valence-corrected chi connectivity index (χ1v) is 9.36. The molecule has 0 aromatic heterocycles. The zero-order valence-corrected chi connectivity index (χ0v) is 15.4. The van der Waals surface area contributed by atoms with E-state index in [-0.39, 0.29) is 21.9 Å². The summed E-state index contributed by atoms with van der Waals surface area (Å²) >= 11 is 0. The summed E-state index contributed by atoms with van der Waals surface area (Å²) in [5, 5.41) is 21.0. The minimum Gasteiger partial charge on any atom is -0.258 e. The van der Waals surface area contributed by atoms with Crippen molar-refractivity contribution in [1.82, 2.24) is 0 Å². The minimum atomic E-state index is -0.480. The maximum absolute atomic E-state index is 11.1. The Hall–Kier alpha value is -2.82. The Morgan fingerprint density at radius 3 is 2.26 bits per heavy atom. The second kappa shape index (κ2) is 5.12. The molecule has 1 aliphatic heterocycles. The van der Waals surface area contributed by atoms with Crippen molar-refractivity contribution in [3.63, 3.8) is 0 Å². The van der Waals surface area contributed by atoms with Crippen LogP contribution in [0.5, 0.6) is 0 Å². The average Bonchev–Trinajstić information content (AvgIpc) is 3.30. The first-order chi connectivity index (χ1) is 12.9. The van der Waals surface area contributed by atoms with Gasteiger partial charge in [0.05, 0.1) is 4.92 Å². The highest BCUT2D eigenvalue weighted by Gasteiger charge is 2.77. The molecule has 0 radical (unpaired) electrons. The van der Waals surface area contributed by atoms with Gasteiger partial charge >= 0.3 is 0 Å². The van der Waals surface area contributed by atoms with E-state index in [9.17, 15) is 10.1 Å². The molecule has 0 N–H and O–H groups in total. The Kier molecular flexibility index (Phi) is 3.10. The van der Waals surface area contributed by atoms with Crippen LogP contribution in [0.25, 0.3) is 0 Å². The van der Waals surface area contributed by atoms with Gasteiger partial charge in [-0.2, -0.15) is 10.2 Å². The highest BCUT2D eigenvalue weighted by molar-refractivity contribution is 5.48. The summed E-state index contributed by atoms with van der Waals surface area (Å²) in [5.74, 6) is 0.592. The van der Waals surface area contributed by atoms with Crippen molar-refractivity contribution in [1.29, 1.82) is 0 Å². The average molecular weight is 359 g/mol. The van der Waals surface area contributed by atoms with E-state index in [1.54, 1.807) is 12.1 Å². The van der Waals surface area contributed by atoms with Gasteiger partial charge in [0.25, 0.3) is 5.69 Å². The lowest BCUT2D eigenvalue weighted by molar-refractivity contribution is -0.384. The van der Waals surface area contributed by atoms with Crippen LogP contribution in [0, 0.1) is 27.4 Å². The lowest BCUT2D eigenvalue weighted by atomic mass is 9.61. The lowest BCUT2D eigenvalue weighted by Gasteiger charge is -2.41. The molecule has 2 aliphatic carbocycles. The van der Waals surface area contributed by atoms with E-state index < -0.39 is 11.1 Å². The molecule has 2 aromatic carbocycles. The Bertz CT molecular complexity index is 980. The Morgan fingerprint density at radius 2 is 1.59 bits per heavy atom. The van der Waals surface area contributed by atoms with E-state index in [1.807, 2.05) is 18.2 Å². The van der Waals surface area contributed by atoms with Crippen LogP contribution >= 0.6 is 0 Å². The molecule has 27 heavy (non-hydrogen) atoms. The molecule has 0 unspecified atom stereocenters. The van der Waals surface area contributed by atoms with Crippen molar-refractivity contribution >= 4 is 5.69 Å². The van der Waals surface area contributed by atoms with E-state index in [0.717, 1.165) is 12.0 Å². The molecule has 5 rings (SSSR count). The van der Waals surface area contributed by atoms with Crippen LogP contribution in [0.15, 0.2) is 77.0 Å². The van der Waals surface area contributed by atoms with Crippen molar-refractivity contribution in [2.24, 2.45) is 27.5 Å². The maximum Gasteiger partial charge on any atom is 0.269 e. The van der Waals surface area contributed by atoms with Gasteiger partial charge in [-0.15, -0.1) is 0 Å². The van der Waals surface area contributed by atoms with Crippen molar-refractivity contribution in [2.45, 2.75) is 31.3 Å². The fraction of sp³-hybridized carbons (Fsp3) is 0.364. The molecule has 0 amide bonds. The number of nitro groups is 1. The lowest BCUT2D eigenvalue weighted by Crippen LogP contribution is -2.44. The van der Waals surface area contributed by atoms with Gasteiger partial charge in [-0.25, -0.2) is 0 Å². The van der Waals surface area contributed by atoms with Crippen molar-refractivity contribution in [3.05, 3.63) is 88.0 Å². The van der Waals surface area contributed by atoms with Gasteiger partial charge in [-0.05, 0) is 29.7 Å². The molecular weight excluding hydrogens is 338 g/mol. The van der Waals surface area contributed by atoms with Gasteiger partial charge in [0.2, 0.25) is 0 Å². The number of nitrogens with zero attached hydrogens (tertiary/aromatic N) is 3. The third-order valence-corrected chi connectivity index (χ3v) is 7.19. The van der Waals surface area contributed by atoms with E-state index in [0.29, 0.717) is 5.92 Å². The molecule has 4 atom stereocenters. The van der Waals surface area contributed by atoms with Crippen molar-refractivity contribution < 1.29 is 4.92 Å². The highest BCUT2D eigenvalue weighted by Crippen LogP contribution is 2.76. The highest BCUT2D eigenvalue weighted by atomic mass is 16.6. The van der Waals surface area contributed by atoms with Crippen LogP contribution in [0.4, 0.5) is 5.69 Å². The summed E-state index contributed by atoms with van der Waals surface area (Å²) in [6.45, 7) is 4.52. The van der Waals surface area contributed by atoms with Gasteiger partial charge in [0.15, 0.2) is 0 Å². The number of benzene rings is 2. The maximum atomic E-state index is 11.1. The number of allylic oxidation sites excluding steroid dienone is 1. The summed E-state index contributed by atoms with van der Waals surface area (Å²) < 4.78 is 0. The molecule has 1 fully saturated rings. The summed E-state index contributed by atoms with van der Waals surface area (Å²) in [7, 11) is 0. The summed E-state index contributed by atoms with van der Waals surface area (Å²) in [5.41, 5.74) is 1.19. The zero-order valence-electron chi connectivity index (χ0n) is 15.4. The number of nitro benzene ring substituents is 1. The standard InChI is InChI=1S/C22H21N3O2/c1-20(2)21(15-7-4-3-5-8-15)18-9-6-10-19(18)22(20,24-23-21)16-11-13-17(14-12-16)25(26)27/h3-9,11-14,18-19H,10H2,1-2H3/t18-,19+,21-,22+/m1/s1. The zero-order chi connectivity index (χ0) is 18.9. The largest absolute Gasteiger partial charge is 0.269 e. The molecule has 2 bridgehead atoms. The Balaban J connectivity index is 1.73. The Morgan fingerprint density at radius 1 is 0.963 bits per heavy atom. The summed E-state index contributed by atoms with van der Waals surface area (Å²) in [6.07, 6.45) is 5.52. The summed E-state index contributed by atoms with van der Waals surface area (Å²) in [6, 6.07) is 17.4. The number of hydrogen-bond acceptors (Lipinski definition) is 4. The van der Waals surface area contributed by atoms with Gasteiger partial charge in [-0.3, -0.25) is 10.1 Å². The predicted molar refractivity (Wildman–Crippen MR) is 102 cm³/mol. The molecule has 5 heteroatoms. The molecule has 2 aromatic rings. The Labute approximate surface area is 158 Å². The molecule has 5 nitrogen and oxygen atoms in total. The fourth-order valence-corrected chi connectivity index (χ4v) is 6.01. The third kappa shape index (κ3) is 1.70. The van der Waals surface area contributed by atoms with Crippen LogP contribution in [0.2, 0.25) is 0 Å². The predicted octanol–water partition coefficient (Wildman–Crippen LogP) is 5.38. The monoisotopic (exact) mass is 359 g/mol. The van der Waals surface area contributed by atoms with Crippen LogP contribution in [-0.4, -0.2) is 4.92 Å². The summed E-state index contributed by atoms with van der Waals surface area (Å²) in [4.78, 5) is 10.7. The molecule has 136 valence electrons. The number of non-ortho nitro benzene ring substituents is 1. The van der Waals surface area contributed by atoms with Crippen molar-refractivity contribution in [3.8, 4) is 0 Å². The van der Waals surface area contributed by atoms with E-state index >= 15 is 0 Å². The van der Waals surface area contributed by atoms with Crippen LogP contribution in [0.1, 0.15) is 31.4 Å². The second-order valence-corrected chi connectivity index (χ2v) is 8.32. The number of hydrogen-bond donors (Lipinski definition) is 0. The quantitative estimate of drug-likeness (QED) is 0.419.